The molecule has 70 valence electrons. The van der Waals surface area contributed by atoms with E-state index in [9.17, 15) is 0 Å². The van der Waals surface area contributed by atoms with Crippen molar-refractivity contribution in [3.63, 3.8) is 0 Å². The molecule has 1 unspecified atom stereocenters. The summed E-state index contributed by atoms with van der Waals surface area (Å²) >= 11 is 0. The average molecular weight is 166 g/mol. The molecule has 0 rings (SSSR count). The highest BCUT2D eigenvalue weighted by Gasteiger charge is 1.95. The Morgan fingerprint density at radius 2 is 1.92 bits per heavy atom. The van der Waals surface area contributed by atoms with Crippen molar-refractivity contribution in [3.8, 4) is 0 Å². The van der Waals surface area contributed by atoms with Crippen LogP contribution in [0.15, 0.2) is 23.8 Å². The van der Waals surface area contributed by atoms with Crippen LogP contribution < -0.4 is 0 Å². The highest BCUT2D eigenvalue weighted by atomic mass is 14.0. The van der Waals surface area contributed by atoms with Crippen LogP contribution in [0, 0.1) is 5.92 Å². The molecule has 0 aromatic carbocycles. The van der Waals surface area contributed by atoms with E-state index in [1.165, 1.54) is 24.0 Å². The zero-order valence-corrected chi connectivity index (χ0v) is 8.98. The van der Waals surface area contributed by atoms with Gasteiger partial charge in [-0.15, -0.1) is 6.58 Å². The molecule has 0 heteroatoms. The van der Waals surface area contributed by atoms with E-state index in [1.54, 1.807) is 0 Å². The Balaban J connectivity index is 3.77. The van der Waals surface area contributed by atoms with E-state index in [1.807, 2.05) is 0 Å². The lowest BCUT2D eigenvalue weighted by atomic mass is 10.0. The van der Waals surface area contributed by atoms with Crippen LogP contribution in [0.25, 0.3) is 0 Å². The third-order valence-corrected chi connectivity index (χ3v) is 2.16. The monoisotopic (exact) mass is 166 g/mol. The first-order valence-corrected chi connectivity index (χ1v) is 4.88. The van der Waals surface area contributed by atoms with Gasteiger partial charge in [0, 0.05) is 0 Å². The summed E-state index contributed by atoms with van der Waals surface area (Å²) in [4.78, 5) is 0. The molecular weight excluding hydrogens is 144 g/mol. The second-order valence-electron chi connectivity index (χ2n) is 3.86. The van der Waals surface area contributed by atoms with E-state index in [2.05, 4.69) is 40.3 Å². The summed E-state index contributed by atoms with van der Waals surface area (Å²) in [6, 6.07) is 0. The van der Waals surface area contributed by atoms with Crippen molar-refractivity contribution in [2.24, 2.45) is 5.92 Å². The molecule has 0 heterocycles. The van der Waals surface area contributed by atoms with E-state index in [0.717, 1.165) is 12.3 Å². The normalized spacial score (nSPS) is 14.5. The maximum Gasteiger partial charge on any atom is -0.0262 e. The molecule has 1 atom stereocenters. The quantitative estimate of drug-likeness (QED) is 0.533. The van der Waals surface area contributed by atoms with Gasteiger partial charge in [0.1, 0.15) is 0 Å². The van der Waals surface area contributed by atoms with Crippen LogP contribution in [-0.4, -0.2) is 0 Å². The summed E-state index contributed by atoms with van der Waals surface area (Å²) in [6.45, 7) is 12.7. The molecule has 0 aliphatic rings. The minimum absolute atomic E-state index is 0.732. The Bertz CT molecular complexity index is 163. The molecule has 0 aromatic rings. The molecule has 0 aromatic heterocycles. The van der Waals surface area contributed by atoms with Crippen molar-refractivity contribution in [1.29, 1.82) is 0 Å². The third kappa shape index (κ3) is 6.21. The van der Waals surface area contributed by atoms with Crippen LogP contribution in [0.3, 0.4) is 0 Å². The molecule has 0 saturated heterocycles. The molecule has 0 saturated carbocycles. The lowest BCUT2D eigenvalue weighted by Crippen LogP contribution is -1.88. The molecule has 0 aliphatic heterocycles. The van der Waals surface area contributed by atoms with Gasteiger partial charge in [0.15, 0.2) is 0 Å². The van der Waals surface area contributed by atoms with Crippen LogP contribution in [0.5, 0.6) is 0 Å². The van der Waals surface area contributed by atoms with Gasteiger partial charge in [0.25, 0.3) is 0 Å². The van der Waals surface area contributed by atoms with E-state index < -0.39 is 0 Å². The average Bonchev–Trinajstić information content (AvgIpc) is 2.00. The van der Waals surface area contributed by atoms with Gasteiger partial charge in [-0.1, -0.05) is 37.5 Å². The fraction of sp³-hybridized carbons (Fsp3) is 0.667. The van der Waals surface area contributed by atoms with Gasteiger partial charge in [-0.05, 0) is 32.6 Å². The zero-order chi connectivity index (χ0) is 9.56. The van der Waals surface area contributed by atoms with Gasteiger partial charge in [-0.3, -0.25) is 0 Å². The maximum absolute atomic E-state index is 3.90. The standard InChI is InChI=1S/C12H22/c1-6-11(4)9-12(5)8-7-10(2)3/h9,11H,2,6-8H2,1,3-5H3. The first-order valence-electron chi connectivity index (χ1n) is 4.88. The highest BCUT2D eigenvalue weighted by Crippen LogP contribution is 2.13. The zero-order valence-electron chi connectivity index (χ0n) is 8.98. The number of rotatable bonds is 5. The molecule has 12 heavy (non-hydrogen) atoms. The maximum atomic E-state index is 3.90. The molecule has 0 N–H and O–H groups in total. The first kappa shape index (κ1) is 11.5. The topological polar surface area (TPSA) is 0 Å². The second kappa shape index (κ2) is 6.05. The summed E-state index contributed by atoms with van der Waals surface area (Å²) in [6.07, 6.45) is 5.94. The second-order valence-corrected chi connectivity index (χ2v) is 3.86. The fourth-order valence-electron chi connectivity index (χ4n) is 1.10. The summed E-state index contributed by atoms with van der Waals surface area (Å²) in [5, 5.41) is 0. The Morgan fingerprint density at radius 3 is 2.33 bits per heavy atom. The van der Waals surface area contributed by atoms with Gasteiger partial charge in [-0.25, -0.2) is 0 Å². The Hall–Kier alpha value is -0.520. The van der Waals surface area contributed by atoms with Crippen molar-refractivity contribution >= 4 is 0 Å². The Labute approximate surface area is 77.4 Å². The van der Waals surface area contributed by atoms with Crippen molar-refractivity contribution in [2.45, 2.75) is 47.0 Å². The van der Waals surface area contributed by atoms with Crippen LogP contribution >= 0.6 is 0 Å². The van der Waals surface area contributed by atoms with Gasteiger partial charge in [0.05, 0.1) is 0 Å². The lowest BCUT2D eigenvalue weighted by molar-refractivity contribution is 0.687. The lowest BCUT2D eigenvalue weighted by Gasteiger charge is -2.05. The van der Waals surface area contributed by atoms with E-state index in [0.29, 0.717) is 0 Å². The summed E-state index contributed by atoms with van der Waals surface area (Å²) in [5.41, 5.74) is 2.79. The summed E-state index contributed by atoms with van der Waals surface area (Å²) < 4.78 is 0. The predicted octanol–water partition coefficient (Wildman–Crippen LogP) is 4.34. The number of hydrogen-bond donors (Lipinski definition) is 0. The van der Waals surface area contributed by atoms with Crippen LogP contribution in [0.2, 0.25) is 0 Å². The van der Waals surface area contributed by atoms with Crippen molar-refractivity contribution < 1.29 is 0 Å². The third-order valence-electron chi connectivity index (χ3n) is 2.16. The molecule has 0 amide bonds. The Morgan fingerprint density at radius 1 is 1.33 bits per heavy atom. The predicted molar refractivity (Wildman–Crippen MR) is 57.3 cm³/mol. The molecule has 0 nitrogen and oxygen atoms in total. The summed E-state index contributed by atoms with van der Waals surface area (Å²) in [7, 11) is 0. The molecule has 0 aliphatic carbocycles. The van der Waals surface area contributed by atoms with Crippen molar-refractivity contribution in [2.75, 3.05) is 0 Å². The van der Waals surface area contributed by atoms with Crippen molar-refractivity contribution in [3.05, 3.63) is 23.8 Å². The number of hydrogen-bond acceptors (Lipinski definition) is 0. The van der Waals surface area contributed by atoms with Gasteiger partial charge < -0.3 is 0 Å². The SMILES string of the molecule is C=C(C)CCC(C)=CC(C)CC. The highest BCUT2D eigenvalue weighted by molar-refractivity contribution is 5.03. The molecular formula is C12H22. The van der Waals surface area contributed by atoms with Crippen LogP contribution in [-0.2, 0) is 0 Å². The van der Waals surface area contributed by atoms with Crippen LogP contribution in [0.4, 0.5) is 0 Å². The van der Waals surface area contributed by atoms with Crippen molar-refractivity contribution in [1.82, 2.24) is 0 Å². The minimum Gasteiger partial charge on any atom is -0.100 e. The minimum atomic E-state index is 0.732. The largest absolute Gasteiger partial charge is 0.100 e. The number of allylic oxidation sites excluding steroid dienone is 3. The van der Waals surface area contributed by atoms with E-state index in [4.69, 9.17) is 0 Å². The van der Waals surface area contributed by atoms with E-state index >= 15 is 0 Å². The molecule has 0 spiro atoms. The van der Waals surface area contributed by atoms with Gasteiger partial charge >= 0.3 is 0 Å². The Kier molecular flexibility index (Phi) is 5.79. The van der Waals surface area contributed by atoms with Gasteiger partial charge in [0.2, 0.25) is 0 Å². The van der Waals surface area contributed by atoms with E-state index in [-0.39, 0.29) is 0 Å². The molecule has 0 radical (unpaired) electrons. The molecule has 0 fully saturated rings. The summed E-state index contributed by atoms with van der Waals surface area (Å²) in [5.74, 6) is 0.732. The first-order chi connectivity index (χ1) is 5.56. The van der Waals surface area contributed by atoms with Gasteiger partial charge in [-0.2, -0.15) is 0 Å². The smallest absolute Gasteiger partial charge is 0.0262 e. The van der Waals surface area contributed by atoms with Crippen LogP contribution in [0.1, 0.15) is 47.0 Å². The fourth-order valence-corrected chi connectivity index (χ4v) is 1.10. The molecule has 0 bridgehead atoms.